The number of hydrogen-bond donors (Lipinski definition) is 1. The number of likely N-dealkylation sites (tertiary alicyclic amines) is 1. The van der Waals surface area contributed by atoms with Crippen LogP contribution in [0.25, 0.3) is 10.9 Å². The third kappa shape index (κ3) is 3.30. The third-order valence-electron chi connectivity index (χ3n) is 7.75. The fraction of sp³-hybridized carbons (Fsp3) is 0.640. The second kappa shape index (κ2) is 7.46. The molecule has 29 heavy (non-hydrogen) atoms. The Morgan fingerprint density at radius 1 is 1.17 bits per heavy atom. The summed E-state index contributed by atoms with van der Waals surface area (Å²) in [5, 5.41) is 4.86. The summed E-state index contributed by atoms with van der Waals surface area (Å²) in [4.78, 5) is 15.6. The first-order chi connectivity index (χ1) is 14.0. The molecule has 2 heterocycles. The van der Waals surface area contributed by atoms with Crippen molar-refractivity contribution in [2.24, 2.45) is 5.92 Å². The number of rotatable bonds is 3. The fourth-order valence-corrected chi connectivity index (χ4v) is 6.26. The van der Waals surface area contributed by atoms with E-state index < -0.39 is 0 Å². The van der Waals surface area contributed by atoms with Crippen LogP contribution >= 0.6 is 0 Å². The van der Waals surface area contributed by atoms with Gasteiger partial charge in [-0.25, -0.2) is 0 Å². The highest BCUT2D eigenvalue weighted by Crippen LogP contribution is 2.45. The zero-order valence-corrected chi connectivity index (χ0v) is 18.2. The lowest BCUT2D eigenvalue weighted by molar-refractivity contribution is -0.128. The summed E-state index contributed by atoms with van der Waals surface area (Å²) in [7, 11) is 2.22. The van der Waals surface area contributed by atoms with Crippen LogP contribution in [0.4, 0.5) is 0 Å². The zero-order valence-electron chi connectivity index (χ0n) is 18.2. The molecule has 156 valence electrons. The van der Waals surface area contributed by atoms with Crippen molar-refractivity contribution in [3.8, 4) is 0 Å². The first-order valence-electron chi connectivity index (χ1n) is 11.7. The van der Waals surface area contributed by atoms with E-state index in [-0.39, 0.29) is 5.92 Å². The Bertz CT molecular complexity index is 908. The van der Waals surface area contributed by atoms with Crippen molar-refractivity contribution in [3.05, 3.63) is 35.5 Å². The van der Waals surface area contributed by atoms with Crippen LogP contribution in [-0.4, -0.2) is 41.1 Å². The second-order valence-corrected chi connectivity index (χ2v) is 9.99. The molecule has 0 bridgehead atoms. The van der Waals surface area contributed by atoms with E-state index >= 15 is 0 Å². The SMILES string of the molecule is CC(C)n1cc2c3c(cccc31)C1C[C@@H](C(=O)NC3CCCCC3)CN(C)[C@@H]1C2. The van der Waals surface area contributed by atoms with Crippen LogP contribution in [0.3, 0.4) is 0 Å². The maximum atomic E-state index is 13.1. The maximum absolute atomic E-state index is 13.1. The lowest BCUT2D eigenvalue weighted by atomic mass is 9.72. The summed E-state index contributed by atoms with van der Waals surface area (Å²) in [5.41, 5.74) is 4.32. The molecule has 2 aromatic rings. The van der Waals surface area contributed by atoms with Crippen molar-refractivity contribution in [3.63, 3.8) is 0 Å². The highest BCUT2D eigenvalue weighted by Gasteiger charge is 2.42. The smallest absolute Gasteiger partial charge is 0.224 e. The van der Waals surface area contributed by atoms with E-state index in [1.807, 2.05) is 0 Å². The molecule has 4 nitrogen and oxygen atoms in total. The number of amides is 1. The van der Waals surface area contributed by atoms with Gasteiger partial charge in [-0.3, -0.25) is 4.79 Å². The van der Waals surface area contributed by atoms with E-state index in [4.69, 9.17) is 0 Å². The first-order valence-corrected chi connectivity index (χ1v) is 11.7. The molecule has 1 aromatic heterocycles. The van der Waals surface area contributed by atoms with Crippen molar-refractivity contribution < 1.29 is 4.79 Å². The quantitative estimate of drug-likeness (QED) is 0.825. The Morgan fingerprint density at radius 3 is 2.72 bits per heavy atom. The maximum Gasteiger partial charge on any atom is 0.224 e. The van der Waals surface area contributed by atoms with Gasteiger partial charge in [0.15, 0.2) is 0 Å². The highest BCUT2D eigenvalue weighted by molar-refractivity contribution is 5.89. The molecule has 1 unspecified atom stereocenters. The Kier molecular flexibility index (Phi) is 4.93. The van der Waals surface area contributed by atoms with Crippen molar-refractivity contribution in [1.82, 2.24) is 14.8 Å². The molecular weight excluding hydrogens is 358 g/mol. The average Bonchev–Trinajstić information content (AvgIpc) is 3.10. The molecular formula is C25H35N3O. The van der Waals surface area contributed by atoms with E-state index in [0.29, 0.717) is 30.0 Å². The minimum atomic E-state index is 0.104. The van der Waals surface area contributed by atoms with Gasteiger partial charge in [0.1, 0.15) is 0 Å². The summed E-state index contributed by atoms with van der Waals surface area (Å²) in [6.45, 7) is 5.41. The standard InChI is InChI=1S/C25H35N3O/c1-16(2)28-15-17-13-23-21(20-10-7-11-22(28)24(17)20)12-18(14-27(23)3)25(29)26-19-8-5-4-6-9-19/h7,10-11,15-16,18-19,21,23H,4-6,8-9,12-14H2,1-3H3,(H,26,29)/t18-,21?,23-/m1/s1. The number of carbonyl (C=O) groups is 1. The molecule has 2 fully saturated rings. The lowest BCUT2D eigenvalue weighted by Gasteiger charge is -2.45. The number of nitrogens with one attached hydrogen (secondary N) is 1. The van der Waals surface area contributed by atoms with Gasteiger partial charge < -0.3 is 14.8 Å². The minimum Gasteiger partial charge on any atom is -0.353 e. The monoisotopic (exact) mass is 393 g/mol. The van der Waals surface area contributed by atoms with Crippen LogP contribution in [-0.2, 0) is 11.2 Å². The molecule has 0 spiro atoms. The van der Waals surface area contributed by atoms with Crippen molar-refractivity contribution in [1.29, 1.82) is 0 Å². The van der Waals surface area contributed by atoms with E-state index in [9.17, 15) is 4.79 Å². The molecule has 0 radical (unpaired) electrons. The number of fused-ring (bicyclic) bond motifs is 2. The molecule has 3 aliphatic rings. The average molecular weight is 394 g/mol. The molecule has 1 aliphatic heterocycles. The summed E-state index contributed by atoms with van der Waals surface area (Å²) in [5.74, 6) is 0.849. The van der Waals surface area contributed by atoms with Gasteiger partial charge in [-0.1, -0.05) is 31.4 Å². The van der Waals surface area contributed by atoms with Gasteiger partial charge in [0, 0.05) is 47.7 Å². The van der Waals surface area contributed by atoms with Crippen LogP contribution in [0.15, 0.2) is 24.4 Å². The van der Waals surface area contributed by atoms with Gasteiger partial charge >= 0.3 is 0 Å². The highest BCUT2D eigenvalue weighted by atomic mass is 16.2. The van der Waals surface area contributed by atoms with E-state index in [1.54, 1.807) is 0 Å². The van der Waals surface area contributed by atoms with Crippen molar-refractivity contribution in [2.45, 2.75) is 82.8 Å². The largest absolute Gasteiger partial charge is 0.353 e. The predicted octanol–water partition coefficient (Wildman–Crippen LogP) is 4.63. The van der Waals surface area contributed by atoms with Gasteiger partial charge in [-0.2, -0.15) is 0 Å². The van der Waals surface area contributed by atoms with Crippen LogP contribution in [0.2, 0.25) is 0 Å². The van der Waals surface area contributed by atoms with E-state index in [1.165, 1.54) is 41.3 Å². The molecule has 2 aliphatic carbocycles. The van der Waals surface area contributed by atoms with Gasteiger partial charge in [-0.15, -0.1) is 0 Å². The van der Waals surface area contributed by atoms with Crippen LogP contribution < -0.4 is 5.32 Å². The van der Waals surface area contributed by atoms with E-state index in [2.05, 4.69) is 60.1 Å². The summed E-state index contributed by atoms with van der Waals surface area (Å²) >= 11 is 0. The van der Waals surface area contributed by atoms with Crippen molar-refractivity contribution >= 4 is 16.8 Å². The number of aromatic nitrogens is 1. The summed E-state index contributed by atoms with van der Waals surface area (Å²) in [6.07, 6.45) is 10.6. The minimum absolute atomic E-state index is 0.104. The Labute approximate surface area is 174 Å². The number of nitrogens with zero attached hydrogens (tertiary/aromatic N) is 2. The van der Waals surface area contributed by atoms with Crippen LogP contribution in [0.1, 0.15) is 75.5 Å². The molecule has 3 atom stereocenters. The number of piperidine rings is 1. The Morgan fingerprint density at radius 2 is 1.97 bits per heavy atom. The first kappa shape index (κ1) is 19.2. The molecule has 1 amide bonds. The molecule has 4 heteroatoms. The number of benzene rings is 1. The molecule has 5 rings (SSSR count). The normalized spacial score (nSPS) is 27.9. The topological polar surface area (TPSA) is 37.3 Å². The van der Waals surface area contributed by atoms with Gasteiger partial charge in [0.25, 0.3) is 0 Å². The third-order valence-corrected chi connectivity index (χ3v) is 7.75. The number of hydrogen-bond acceptors (Lipinski definition) is 2. The molecule has 1 N–H and O–H groups in total. The number of carbonyl (C=O) groups excluding carboxylic acids is 1. The Hall–Kier alpha value is -1.81. The second-order valence-electron chi connectivity index (χ2n) is 9.99. The van der Waals surface area contributed by atoms with Crippen LogP contribution in [0.5, 0.6) is 0 Å². The van der Waals surface area contributed by atoms with Gasteiger partial charge in [-0.05, 0) is 63.8 Å². The van der Waals surface area contributed by atoms with Crippen LogP contribution in [0, 0.1) is 5.92 Å². The van der Waals surface area contributed by atoms with Gasteiger partial charge in [0.05, 0.1) is 5.92 Å². The van der Waals surface area contributed by atoms with Gasteiger partial charge in [0.2, 0.25) is 5.91 Å². The van der Waals surface area contributed by atoms with E-state index in [0.717, 1.165) is 32.2 Å². The zero-order chi connectivity index (χ0) is 20.1. The molecule has 1 aromatic carbocycles. The fourth-order valence-electron chi connectivity index (χ4n) is 6.26. The summed E-state index contributed by atoms with van der Waals surface area (Å²) in [6, 6.07) is 8.18. The van der Waals surface area contributed by atoms with Crippen molar-refractivity contribution in [2.75, 3.05) is 13.6 Å². The lowest BCUT2D eigenvalue weighted by Crippen LogP contribution is -2.52. The molecule has 1 saturated carbocycles. The predicted molar refractivity (Wildman–Crippen MR) is 118 cm³/mol. The number of likely N-dealkylation sites (N-methyl/N-ethyl adjacent to an activating group) is 1. The Balaban J connectivity index is 1.43. The molecule has 1 saturated heterocycles. The summed E-state index contributed by atoms with van der Waals surface area (Å²) < 4.78 is 2.43.